The van der Waals surface area contributed by atoms with Gasteiger partial charge < -0.3 is 20.1 Å². The minimum Gasteiger partial charge on any atom is -0.481 e. The lowest BCUT2D eigenvalue weighted by atomic mass is 10.1. The van der Waals surface area contributed by atoms with E-state index in [0.29, 0.717) is 13.2 Å². The number of ether oxygens (including phenoxy) is 1. The Kier molecular flexibility index (Phi) is 4.33. The highest BCUT2D eigenvalue weighted by Crippen LogP contribution is 2.12. The van der Waals surface area contributed by atoms with Crippen molar-refractivity contribution in [3.63, 3.8) is 0 Å². The van der Waals surface area contributed by atoms with Gasteiger partial charge in [-0.25, -0.2) is 0 Å². The van der Waals surface area contributed by atoms with E-state index >= 15 is 0 Å². The van der Waals surface area contributed by atoms with Crippen LogP contribution >= 0.6 is 0 Å². The smallest absolute Gasteiger partial charge is 0.305 e. The van der Waals surface area contributed by atoms with Crippen molar-refractivity contribution in [2.24, 2.45) is 0 Å². The second kappa shape index (κ2) is 5.98. The van der Waals surface area contributed by atoms with Crippen molar-refractivity contribution in [3.05, 3.63) is 0 Å². The van der Waals surface area contributed by atoms with Gasteiger partial charge in [-0.05, 0) is 0 Å². The number of nitrogens with zero attached hydrogens (tertiary/aromatic N) is 1. The van der Waals surface area contributed by atoms with Gasteiger partial charge in [0.05, 0.1) is 32.2 Å². The molecule has 106 valence electrons. The van der Waals surface area contributed by atoms with Crippen LogP contribution in [0, 0.1) is 0 Å². The molecule has 8 heteroatoms. The molecule has 2 heterocycles. The molecule has 2 unspecified atom stereocenters. The Morgan fingerprint density at radius 2 is 2.26 bits per heavy atom. The zero-order valence-electron chi connectivity index (χ0n) is 10.4. The van der Waals surface area contributed by atoms with Crippen LogP contribution in [0.3, 0.4) is 0 Å². The average molecular weight is 271 g/mol. The quantitative estimate of drug-likeness (QED) is 0.536. The van der Waals surface area contributed by atoms with Gasteiger partial charge in [-0.15, -0.1) is 0 Å². The number of piperazine rings is 1. The van der Waals surface area contributed by atoms with Crippen LogP contribution in [0.15, 0.2) is 0 Å². The summed E-state index contributed by atoms with van der Waals surface area (Å²) in [5.74, 6) is -1.29. The zero-order valence-corrected chi connectivity index (χ0v) is 10.4. The van der Waals surface area contributed by atoms with Gasteiger partial charge >= 0.3 is 5.97 Å². The Morgan fingerprint density at radius 1 is 1.47 bits per heavy atom. The maximum Gasteiger partial charge on any atom is 0.305 e. The van der Waals surface area contributed by atoms with Crippen LogP contribution in [0.1, 0.15) is 6.42 Å². The van der Waals surface area contributed by atoms with E-state index in [2.05, 4.69) is 10.6 Å². The highest BCUT2D eigenvalue weighted by Gasteiger charge is 2.34. The van der Waals surface area contributed by atoms with Crippen molar-refractivity contribution in [1.29, 1.82) is 0 Å². The summed E-state index contributed by atoms with van der Waals surface area (Å²) in [6.45, 7) is 1.35. The molecule has 2 fully saturated rings. The first-order valence-electron chi connectivity index (χ1n) is 6.18. The molecule has 2 rings (SSSR count). The molecule has 2 aliphatic rings. The topological polar surface area (TPSA) is 108 Å². The van der Waals surface area contributed by atoms with Crippen molar-refractivity contribution in [3.8, 4) is 0 Å². The van der Waals surface area contributed by atoms with E-state index in [0.717, 1.165) is 0 Å². The molecule has 3 N–H and O–H groups in total. The summed E-state index contributed by atoms with van der Waals surface area (Å²) in [6.07, 6.45) is -0.134. The number of carboxylic acids is 1. The maximum atomic E-state index is 12.3. The first kappa shape index (κ1) is 13.8. The number of rotatable bonds is 3. The SMILES string of the molecule is O=C(O)CC1COCCN1C(=O)C1CNC(=O)CN1. The van der Waals surface area contributed by atoms with Gasteiger partial charge in [0.25, 0.3) is 0 Å². The van der Waals surface area contributed by atoms with Gasteiger partial charge in [-0.2, -0.15) is 0 Å². The number of amides is 2. The van der Waals surface area contributed by atoms with E-state index in [1.165, 1.54) is 4.90 Å². The Labute approximate surface area is 110 Å². The predicted molar refractivity (Wildman–Crippen MR) is 63.4 cm³/mol. The molecule has 0 bridgehead atoms. The largest absolute Gasteiger partial charge is 0.481 e. The van der Waals surface area contributed by atoms with Crippen LogP contribution in [0.25, 0.3) is 0 Å². The predicted octanol–water partition coefficient (Wildman–Crippen LogP) is -2.22. The zero-order chi connectivity index (χ0) is 13.8. The number of carbonyl (C=O) groups excluding carboxylic acids is 2. The Morgan fingerprint density at radius 3 is 2.89 bits per heavy atom. The molecule has 2 saturated heterocycles. The van der Waals surface area contributed by atoms with E-state index < -0.39 is 18.1 Å². The van der Waals surface area contributed by atoms with Crippen LogP contribution in [-0.4, -0.2) is 72.7 Å². The van der Waals surface area contributed by atoms with Gasteiger partial charge in [0, 0.05) is 13.1 Å². The molecule has 0 aromatic heterocycles. The lowest BCUT2D eigenvalue weighted by Gasteiger charge is -2.38. The molecule has 2 atom stereocenters. The molecular formula is C11H17N3O5. The summed E-state index contributed by atoms with van der Waals surface area (Å²) in [5.41, 5.74) is 0. The fourth-order valence-electron chi connectivity index (χ4n) is 2.26. The summed E-state index contributed by atoms with van der Waals surface area (Å²) >= 11 is 0. The van der Waals surface area contributed by atoms with E-state index in [1.54, 1.807) is 0 Å². The highest BCUT2D eigenvalue weighted by atomic mass is 16.5. The van der Waals surface area contributed by atoms with Gasteiger partial charge in [0.2, 0.25) is 11.8 Å². The summed E-state index contributed by atoms with van der Waals surface area (Å²) in [7, 11) is 0. The summed E-state index contributed by atoms with van der Waals surface area (Å²) in [5, 5.41) is 14.3. The minimum atomic E-state index is -0.960. The van der Waals surface area contributed by atoms with Crippen molar-refractivity contribution in [1.82, 2.24) is 15.5 Å². The lowest BCUT2D eigenvalue weighted by molar-refractivity contribution is -0.147. The second-order valence-corrected chi connectivity index (χ2v) is 4.60. The van der Waals surface area contributed by atoms with Crippen LogP contribution in [0.4, 0.5) is 0 Å². The summed E-state index contributed by atoms with van der Waals surface area (Å²) < 4.78 is 5.22. The van der Waals surface area contributed by atoms with Crippen molar-refractivity contribution in [2.45, 2.75) is 18.5 Å². The molecule has 0 radical (unpaired) electrons. The molecule has 19 heavy (non-hydrogen) atoms. The molecule has 2 aliphatic heterocycles. The average Bonchev–Trinajstić information content (AvgIpc) is 2.39. The molecule has 2 amide bonds. The molecule has 0 aromatic carbocycles. The third-order valence-electron chi connectivity index (χ3n) is 3.23. The van der Waals surface area contributed by atoms with Gasteiger partial charge in [0.15, 0.2) is 0 Å². The minimum absolute atomic E-state index is 0.102. The fraction of sp³-hybridized carbons (Fsp3) is 0.727. The van der Waals surface area contributed by atoms with Crippen molar-refractivity contribution >= 4 is 17.8 Å². The number of hydrogen-bond acceptors (Lipinski definition) is 5. The van der Waals surface area contributed by atoms with Crippen LogP contribution in [-0.2, 0) is 19.1 Å². The van der Waals surface area contributed by atoms with E-state index in [-0.39, 0.29) is 37.9 Å². The van der Waals surface area contributed by atoms with E-state index in [9.17, 15) is 14.4 Å². The van der Waals surface area contributed by atoms with Gasteiger partial charge in [-0.3, -0.25) is 19.7 Å². The number of hydrogen-bond donors (Lipinski definition) is 3. The molecule has 8 nitrogen and oxygen atoms in total. The van der Waals surface area contributed by atoms with E-state index in [4.69, 9.17) is 9.84 Å². The van der Waals surface area contributed by atoms with Gasteiger partial charge in [-0.1, -0.05) is 0 Å². The first-order valence-corrected chi connectivity index (χ1v) is 6.18. The maximum absolute atomic E-state index is 12.3. The van der Waals surface area contributed by atoms with Crippen molar-refractivity contribution < 1.29 is 24.2 Å². The van der Waals surface area contributed by atoms with Crippen LogP contribution in [0.5, 0.6) is 0 Å². The molecule has 0 aromatic rings. The number of carbonyl (C=O) groups is 3. The highest BCUT2D eigenvalue weighted by molar-refractivity contribution is 5.87. The molecular weight excluding hydrogens is 254 g/mol. The Balaban J connectivity index is 1.98. The van der Waals surface area contributed by atoms with Gasteiger partial charge in [0.1, 0.15) is 6.04 Å². The van der Waals surface area contributed by atoms with Crippen molar-refractivity contribution in [2.75, 3.05) is 32.8 Å². The number of aliphatic carboxylic acids is 1. The third kappa shape index (κ3) is 3.42. The lowest BCUT2D eigenvalue weighted by Crippen LogP contribution is -2.62. The molecule has 0 spiro atoms. The number of morpholine rings is 1. The summed E-state index contributed by atoms with van der Waals surface area (Å²) in [6, 6.07) is -0.940. The monoisotopic (exact) mass is 271 g/mol. The number of carboxylic acid groups (broad SMARTS) is 1. The first-order chi connectivity index (χ1) is 9.08. The van der Waals surface area contributed by atoms with Crippen LogP contribution in [0.2, 0.25) is 0 Å². The molecule has 0 aliphatic carbocycles. The number of nitrogens with one attached hydrogen (secondary N) is 2. The fourth-order valence-corrected chi connectivity index (χ4v) is 2.26. The van der Waals surface area contributed by atoms with Crippen LogP contribution < -0.4 is 10.6 Å². The summed E-state index contributed by atoms with van der Waals surface area (Å²) in [4.78, 5) is 35.7. The second-order valence-electron chi connectivity index (χ2n) is 4.60. The standard InChI is InChI=1S/C11H17N3O5/c15-9-5-12-8(4-13-9)11(18)14-1-2-19-6-7(14)3-10(16)17/h7-8,12H,1-6H2,(H,13,15)(H,16,17). The molecule has 0 saturated carbocycles. The third-order valence-corrected chi connectivity index (χ3v) is 3.23. The normalized spacial score (nSPS) is 27.8. The Bertz CT molecular complexity index is 377. The van der Waals surface area contributed by atoms with E-state index in [1.807, 2.05) is 0 Å². The Hall–Kier alpha value is -1.67.